The zero-order valence-electron chi connectivity index (χ0n) is 18.0. The SMILES string of the molecule is Cc1ccnc(Nc2cc(C3CCCN(C(=O)c4ccc(C)cc4F)C3)nc(C)n2)c1. The van der Waals surface area contributed by atoms with E-state index in [9.17, 15) is 9.18 Å². The van der Waals surface area contributed by atoms with E-state index < -0.39 is 5.82 Å². The molecule has 0 aliphatic carbocycles. The van der Waals surface area contributed by atoms with Crippen LogP contribution in [0.3, 0.4) is 0 Å². The Hall–Kier alpha value is -3.35. The Morgan fingerprint density at radius 3 is 2.65 bits per heavy atom. The van der Waals surface area contributed by atoms with Gasteiger partial charge >= 0.3 is 0 Å². The summed E-state index contributed by atoms with van der Waals surface area (Å²) in [5.74, 6) is 1.38. The second-order valence-electron chi connectivity index (χ2n) is 8.14. The molecular formula is C24H26FN5O. The van der Waals surface area contributed by atoms with Crippen LogP contribution in [0.1, 0.15) is 51.8 Å². The number of hydrogen-bond acceptors (Lipinski definition) is 5. The van der Waals surface area contributed by atoms with Gasteiger partial charge in [0.05, 0.1) is 11.3 Å². The maximum atomic E-state index is 14.3. The Morgan fingerprint density at radius 1 is 1.06 bits per heavy atom. The molecule has 3 heterocycles. The number of carbonyl (C=O) groups is 1. The first kappa shape index (κ1) is 20.9. The van der Waals surface area contributed by atoms with Gasteiger partial charge in [-0.05, 0) is 69.0 Å². The summed E-state index contributed by atoms with van der Waals surface area (Å²) in [6, 6.07) is 10.5. The number of nitrogens with zero attached hydrogens (tertiary/aromatic N) is 4. The average molecular weight is 420 g/mol. The van der Waals surface area contributed by atoms with E-state index in [0.717, 1.165) is 35.5 Å². The largest absolute Gasteiger partial charge is 0.338 e. The number of likely N-dealkylation sites (tertiary alicyclic amines) is 1. The summed E-state index contributed by atoms with van der Waals surface area (Å²) < 4.78 is 14.3. The number of carbonyl (C=O) groups excluding carboxylic acids is 1. The molecule has 1 aliphatic heterocycles. The second-order valence-corrected chi connectivity index (χ2v) is 8.14. The van der Waals surface area contributed by atoms with E-state index in [1.807, 2.05) is 39.0 Å². The van der Waals surface area contributed by atoms with Crippen LogP contribution in [-0.2, 0) is 0 Å². The average Bonchev–Trinajstić information content (AvgIpc) is 2.73. The maximum Gasteiger partial charge on any atom is 0.256 e. The fourth-order valence-corrected chi connectivity index (χ4v) is 3.97. The summed E-state index contributed by atoms with van der Waals surface area (Å²) in [5.41, 5.74) is 2.90. The zero-order chi connectivity index (χ0) is 22.0. The van der Waals surface area contributed by atoms with Crippen LogP contribution in [0.4, 0.5) is 16.0 Å². The number of piperidine rings is 1. The van der Waals surface area contributed by atoms with Gasteiger partial charge in [0.2, 0.25) is 0 Å². The number of pyridine rings is 1. The van der Waals surface area contributed by atoms with E-state index in [4.69, 9.17) is 0 Å². The maximum absolute atomic E-state index is 14.3. The molecule has 1 aromatic carbocycles. The quantitative estimate of drug-likeness (QED) is 0.664. The summed E-state index contributed by atoms with van der Waals surface area (Å²) in [7, 11) is 0. The van der Waals surface area contributed by atoms with Gasteiger partial charge in [0.1, 0.15) is 23.3 Å². The molecule has 4 rings (SSSR count). The lowest BCUT2D eigenvalue weighted by Gasteiger charge is -2.33. The second kappa shape index (κ2) is 8.79. The molecule has 31 heavy (non-hydrogen) atoms. The number of amides is 1. The van der Waals surface area contributed by atoms with Gasteiger partial charge in [-0.2, -0.15) is 0 Å². The third-order valence-electron chi connectivity index (χ3n) is 5.51. The van der Waals surface area contributed by atoms with E-state index in [0.29, 0.717) is 24.7 Å². The van der Waals surface area contributed by atoms with Crippen LogP contribution in [-0.4, -0.2) is 38.8 Å². The Bertz CT molecular complexity index is 1120. The normalized spacial score (nSPS) is 16.3. The topological polar surface area (TPSA) is 71.0 Å². The lowest BCUT2D eigenvalue weighted by molar-refractivity contribution is 0.0701. The molecule has 1 fully saturated rings. The first-order chi connectivity index (χ1) is 14.9. The van der Waals surface area contributed by atoms with Gasteiger partial charge in [-0.1, -0.05) is 6.07 Å². The van der Waals surface area contributed by atoms with E-state index in [1.165, 1.54) is 6.07 Å². The third-order valence-corrected chi connectivity index (χ3v) is 5.51. The number of hydrogen-bond donors (Lipinski definition) is 1. The van der Waals surface area contributed by atoms with E-state index >= 15 is 0 Å². The molecule has 3 aromatic rings. The van der Waals surface area contributed by atoms with Crippen LogP contribution in [0.25, 0.3) is 0 Å². The van der Waals surface area contributed by atoms with E-state index in [2.05, 4.69) is 20.3 Å². The van der Waals surface area contributed by atoms with Gasteiger partial charge in [-0.15, -0.1) is 0 Å². The molecule has 1 saturated heterocycles. The summed E-state index contributed by atoms with van der Waals surface area (Å²) >= 11 is 0. The van der Waals surface area contributed by atoms with Crippen molar-refractivity contribution in [1.82, 2.24) is 19.9 Å². The molecule has 1 unspecified atom stereocenters. The van der Waals surface area contributed by atoms with Gasteiger partial charge < -0.3 is 10.2 Å². The van der Waals surface area contributed by atoms with Crippen molar-refractivity contribution in [3.63, 3.8) is 0 Å². The van der Waals surface area contributed by atoms with Crippen molar-refractivity contribution in [2.45, 2.75) is 39.5 Å². The van der Waals surface area contributed by atoms with E-state index in [-0.39, 0.29) is 17.4 Å². The number of benzene rings is 1. The highest BCUT2D eigenvalue weighted by Crippen LogP contribution is 2.29. The van der Waals surface area contributed by atoms with Gasteiger partial charge in [-0.25, -0.2) is 19.3 Å². The molecule has 1 N–H and O–H groups in total. The van der Waals surface area contributed by atoms with Crippen LogP contribution in [0, 0.1) is 26.6 Å². The Balaban J connectivity index is 1.54. The van der Waals surface area contributed by atoms with Crippen LogP contribution in [0.5, 0.6) is 0 Å². The highest BCUT2D eigenvalue weighted by Gasteiger charge is 2.28. The van der Waals surface area contributed by atoms with Crippen LogP contribution >= 0.6 is 0 Å². The highest BCUT2D eigenvalue weighted by atomic mass is 19.1. The smallest absolute Gasteiger partial charge is 0.256 e. The molecule has 0 radical (unpaired) electrons. The van der Waals surface area contributed by atoms with Gasteiger partial charge in [0.25, 0.3) is 5.91 Å². The Labute approximate surface area is 181 Å². The number of anilines is 2. The summed E-state index contributed by atoms with van der Waals surface area (Å²) in [6.07, 6.45) is 3.51. The van der Waals surface area contributed by atoms with Crippen molar-refractivity contribution >= 4 is 17.5 Å². The molecule has 0 bridgehead atoms. The zero-order valence-corrected chi connectivity index (χ0v) is 18.0. The summed E-state index contributed by atoms with van der Waals surface area (Å²) in [6.45, 7) is 6.79. The summed E-state index contributed by atoms with van der Waals surface area (Å²) in [4.78, 5) is 28.1. The predicted octanol–water partition coefficient (Wildman–Crippen LogP) is 4.70. The first-order valence-electron chi connectivity index (χ1n) is 10.5. The van der Waals surface area contributed by atoms with Crippen molar-refractivity contribution in [3.05, 3.63) is 76.6 Å². The Morgan fingerprint density at radius 2 is 1.87 bits per heavy atom. The summed E-state index contributed by atoms with van der Waals surface area (Å²) in [5, 5.41) is 3.25. The molecule has 1 amide bonds. The van der Waals surface area contributed by atoms with Crippen molar-refractivity contribution in [2.75, 3.05) is 18.4 Å². The molecule has 1 aliphatic rings. The molecule has 0 saturated carbocycles. The number of nitrogens with one attached hydrogen (secondary N) is 1. The molecule has 2 aromatic heterocycles. The molecule has 6 nitrogen and oxygen atoms in total. The number of rotatable bonds is 4. The molecule has 0 spiro atoms. The minimum Gasteiger partial charge on any atom is -0.338 e. The molecule has 7 heteroatoms. The third kappa shape index (κ3) is 4.87. The van der Waals surface area contributed by atoms with Crippen LogP contribution < -0.4 is 5.32 Å². The first-order valence-corrected chi connectivity index (χ1v) is 10.5. The van der Waals surface area contributed by atoms with Gasteiger partial charge in [-0.3, -0.25) is 4.79 Å². The standard InChI is InChI=1S/C24H26FN5O/c1-15-6-7-19(20(25)11-15)24(31)30-10-4-5-18(14-30)21-13-23(28-17(3)27-21)29-22-12-16(2)8-9-26-22/h6-9,11-13,18H,4-5,10,14H2,1-3H3,(H,26,27,28,29). The fraction of sp³-hybridized carbons (Fsp3) is 0.333. The van der Waals surface area contributed by atoms with Gasteiger partial charge in [0.15, 0.2) is 0 Å². The predicted molar refractivity (Wildman–Crippen MR) is 118 cm³/mol. The number of aromatic nitrogens is 3. The number of aryl methyl sites for hydroxylation is 3. The van der Waals surface area contributed by atoms with Crippen molar-refractivity contribution in [1.29, 1.82) is 0 Å². The number of halogens is 1. The molecule has 160 valence electrons. The highest BCUT2D eigenvalue weighted by molar-refractivity contribution is 5.94. The lowest BCUT2D eigenvalue weighted by atomic mass is 9.93. The van der Waals surface area contributed by atoms with Crippen molar-refractivity contribution in [2.24, 2.45) is 0 Å². The molecular weight excluding hydrogens is 393 g/mol. The van der Waals surface area contributed by atoms with E-state index in [1.54, 1.807) is 23.2 Å². The molecule has 1 atom stereocenters. The fourth-order valence-electron chi connectivity index (χ4n) is 3.97. The van der Waals surface area contributed by atoms with Crippen molar-refractivity contribution in [3.8, 4) is 0 Å². The van der Waals surface area contributed by atoms with Crippen LogP contribution in [0.2, 0.25) is 0 Å². The van der Waals surface area contributed by atoms with Crippen LogP contribution in [0.15, 0.2) is 42.6 Å². The van der Waals surface area contributed by atoms with Crippen molar-refractivity contribution < 1.29 is 9.18 Å². The minimum absolute atomic E-state index is 0.0685. The van der Waals surface area contributed by atoms with Gasteiger partial charge in [0, 0.05) is 31.3 Å². The lowest BCUT2D eigenvalue weighted by Crippen LogP contribution is -2.39. The monoisotopic (exact) mass is 419 g/mol. The Kier molecular flexibility index (Phi) is 5.93. The minimum atomic E-state index is -0.470.